The number of hydrogen-bond donors (Lipinski definition) is 5. The number of benzene rings is 1. The highest BCUT2D eigenvalue weighted by atomic mass is 16.5. The highest BCUT2D eigenvalue weighted by Gasteiger charge is 2.30. The molecule has 1 heterocycles. The molecule has 1 aromatic rings. The first kappa shape index (κ1) is 24.4. The number of rotatable bonds is 12. The number of ether oxygens (including phenoxy) is 1. The number of nitrogens with one attached hydrogen (secondary N) is 4. The molecule has 170 valence electrons. The topological polar surface area (TPSA) is 129 Å². The van der Waals surface area contributed by atoms with Crippen molar-refractivity contribution in [1.29, 1.82) is 0 Å². The van der Waals surface area contributed by atoms with Crippen LogP contribution in [0.25, 0.3) is 0 Å². The number of alkyl carbamates (subject to hydrolysis) is 1. The molecule has 0 bridgehead atoms. The minimum Gasteiger partial charge on any atom is -0.445 e. The van der Waals surface area contributed by atoms with Crippen LogP contribution in [0.1, 0.15) is 38.2 Å². The van der Waals surface area contributed by atoms with Crippen LogP contribution in [0, 0.1) is 5.92 Å². The summed E-state index contributed by atoms with van der Waals surface area (Å²) in [5, 5.41) is 21.8. The highest BCUT2D eigenvalue weighted by molar-refractivity contribution is 5.87. The molecule has 1 aliphatic rings. The number of aliphatic hydroxyl groups excluding tert-OH is 1. The molecule has 1 aliphatic heterocycles. The van der Waals surface area contributed by atoms with Crippen LogP contribution in [0.4, 0.5) is 4.79 Å². The van der Waals surface area contributed by atoms with Gasteiger partial charge in [0.2, 0.25) is 11.8 Å². The van der Waals surface area contributed by atoms with Crippen LogP contribution in [0.2, 0.25) is 0 Å². The second-order valence-electron chi connectivity index (χ2n) is 7.49. The van der Waals surface area contributed by atoms with E-state index in [0.29, 0.717) is 32.2 Å². The Morgan fingerprint density at radius 3 is 2.68 bits per heavy atom. The molecule has 1 fully saturated rings. The fourth-order valence-electron chi connectivity index (χ4n) is 3.41. The number of amides is 3. The van der Waals surface area contributed by atoms with Crippen molar-refractivity contribution in [1.82, 2.24) is 21.3 Å². The summed E-state index contributed by atoms with van der Waals surface area (Å²) < 4.78 is 5.24. The maximum absolute atomic E-state index is 12.2. The average Bonchev–Trinajstić information content (AvgIpc) is 3.16. The maximum atomic E-state index is 12.2. The summed E-state index contributed by atoms with van der Waals surface area (Å²) in [7, 11) is 0. The molecule has 0 saturated carbocycles. The summed E-state index contributed by atoms with van der Waals surface area (Å²) in [5.41, 5.74) is 0.852. The first-order chi connectivity index (χ1) is 14.9. The number of carbonyl (C=O) groups excluding carboxylic acids is 3. The number of aliphatic hydroxyl groups is 1. The summed E-state index contributed by atoms with van der Waals surface area (Å²) in [4.78, 5) is 36.0. The van der Waals surface area contributed by atoms with Gasteiger partial charge in [0, 0.05) is 12.5 Å². The van der Waals surface area contributed by atoms with Crippen LogP contribution in [0.3, 0.4) is 0 Å². The summed E-state index contributed by atoms with van der Waals surface area (Å²) in [5.74, 6) is -0.782. The van der Waals surface area contributed by atoms with Crippen molar-refractivity contribution in [2.75, 3.05) is 6.54 Å². The van der Waals surface area contributed by atoms with Crippen molar-refractivity contribution < 1.29 is 24.2 Å². The summed E-state index contributed by atoms with van der Waals surface area (Å²) >= 11 is 0. The molecule has 0 radical (unpaired) electrons. The van der Waals surface area contributed by atoms with E-state index in [4.69, 9.17) is 4.74 Å². The molecule has 0 spiro atoms. The Labute approximate surface area is 182 Å². The van der Waals surface area contributed by atoms with Gasteiger partial charge in [-0.15, -0.1) is 0 Å². The number of hydrogen-bond acceptors (Lipinski definition) is 6. The van der Waals surface area contributed by atoms with Gasteiger partial charge >= 0.3 is 6.09 Å². The predicted molar refractivity (Wildman–Crippen MR) is 115 cm³/mol. The standard InChI is InChI=1S/C22H32N4O5/c1-3-8-17(24-22(30)31-14-15-9-6-5-7-10-15)21(29)26-18(25-19(27)4-2)13-16-11-12-23-20(16)28/h4-7,9-10,16-18,21,26,29H,2-3,8,11-14H2,1H3,(H,23,28)(H,24,30)(H,25,27)/t16-,17-,18-,21?/m0/s1. The van der Waals surface area contributed by atoms with Gasteiger partial charge in [0.25, 0.3) is 0 Å². The van der Waals surface area contributed by atoms with Gasteiger partial charge in [-0.25, -0.2) is 4.79 Å². The molecule has 31 heavy (non-hydrogen) atoms. The average molecular weight is 433 g/mol. The summed E-state index contributed by atoms with van der Waals surface area (Å²) in [6.45, 7) is 6.06. The predicted octanol–water partition coefficient (Wildman–Crippen LogP) is 1.14. The molecule has 0 aromatic heterocycles. The van der Waals surface area contributed by atoms with Gasteiger partial charge < -0.3 is 25.8 Å². The van der Waals surface area contributed by atoms with E-state index >= 15 is 0 Å². The quantitative estimate of drug-likeness (QED) is 0.249. The summed E-state index contributed by atoms with van der Waals surface area (Å²) in [6, 6.07) is 8.63. The zero-order valence-corrected chi connectivity index (χ0v) is 17.8. The maximum Gasteiger partial charge on any atom is 0.407 e. The van der Waals surface area contributed by atoms with Gasteiger partial charge in [-0.2, -0.15) is 0 Å². The lowest BCUT2D eigenvalue weighted by molar-refractivity contribution is -0.124. The van der Waals surface area contributed by atoms with Crippen LogP contribution < -0.4 is 21.3 Å². The molecule has 9 nitrogen and oxygen atoms in total. The third-order valence-corrected chi connectivity index (χ3v) is 5.05. The Morgan fingerprint density at radius 2 is 2.06 bits per heavy atom. The smallest absolute Gasteiger partial charge is 0.407 e. The Kier molecular flexibility index (Phi) is 9.99. The minimum atomic E-state index is -1.16. The summed E-state index contributed by atoms with van der Waals surface area (Å²) in [6.07, 6.45) is 0.792. The van der Waals surface area contributed by atoms with Gasteiger partial charge in [0.05, 0.1) is 12.2 Å². The lowest BCUT2D eigenvalue weighted by Crippen LogP contribution is -2.57. The van der Waals surface area contributed by atoms with Crippen LogP contribution in [0.15, 0.2) is 43.0 Å². The molecule has 1 unspecified atom stereocenters. The third kappa shape index (κ3) is 8.39. The van der Waals surface area contributed by atoms with Crippen LogP contribution >= 0.6 is 0 Å². The van der Waals surface area contributed by atoms with E-state index in [1.54, 1.807) is 0 Å². The molecule has 1 aromatic carbocycles. The largest absolute Gasteiger partial charge is 0.445 e. The van der Waals surface area contributed by atoms with Crippen LogP contribution in [-0.4, -0.2) is 48.0 Å². The Morgan fingerprint density at radius 1 is 1.32 bits per heavy atom. The molecule has 5 N–H and O–H groups in total. The Bertz CT molecular complexity index is 743. The van der Waals surface area contributed by atoms with Gasteiger partial charge in [-0.3, -0.25) is 14.9 Å². The van der Waals surface area contributed by atoms with E-state index in [0.717, 1.165) is 11.6 Å². The first-order valence-corrected chi connectivity index (χ1v) is 10.5. The second-order valence-corrected chi connectivity index (χ2v) is 7.49. The van der Waals surface area contributed by atoms with E-state index in [-0.39, 0.29) is 18.4 Å². The lowest BCUT2D eigenvalue weighted by Gasteiger charge is -2.30. The van der Waals surface area contributed by atoms with E-state index in [1.165, 1.54) is 0 Å². The van der Waals surface area contributed by atoms with E-state index in [2.05, 4.69) is 27.8 Å². The van der Waals surface area contributed by atoms with Crippen LogP contribution in [0.5, 0.6) is 0 Å². The molecule has 4 atom stereocenters. The second kappa shape index (κ2) is 12.7. The van der Waals surface area contributed by atoms with Crippen molar-refractivity contribution >= 4 is 17.9 Å². The normalized spacial score (nSPS) is 18.4. The highest BCUT2D eigenvalue weighted by Crippen LogP contribution is 2.16. The zero-order chi connectivity index (χ0) is 22.6. The molecule has 1 saturated heterocycles. The van der Waals surface area contributed by atoms with Crippen molar-refractivity contribution in [2.24, 2.45) is 5.92 Å². The number of carbonyl (C=O) groups is 3. The lowest BCUT2D eigenvalue weighted by atomic mass is 10.0. The van der Waals surface area contributed by atoms with E-state index in [9.17, 15) is 19.5 Å². The Balaban J connectivity index is 1.94. The van der Waals surface area contributed by atoms with Crippen molar-refractivity contribution in [3.8, 4) is 0 Å². The molecular formula is C22H32N4O5. The zero-order valence-electron chi connectivity index (χ0n) is 17.8. The fourth-order valence-corrected chi connectivity index (χ4v) is 3.41. The van der Waals surface area contributed by atoms with Gasteiger partial charge in [0.15, 0.2) is 0 Å². The molecule has 3 amide bonds. The first-order valence-electron chi connectivity index (χ1n) is 10.5. The third-order valence-electron chi connectivity index (χ3n) is 5.05. The van der Waals surface area contributed by atoms with Gasteiger partial charge in [0.1, 0.15) is 12.8 Å². The van der Waals surface area contributed by atoms with E-state index < -0.39 is 30.4 Å². The molecular weight excluding hydrogens is 400 g/mol. The van der Waals surface area contributed by atoms with Crippen molar-refractivity contribution in [2.45, 2.75) is 57.6 Å². The van der Waals surface area contributed by atoms with Crippen molar-refractivity contribution in [3.63, 3.8) is 0 Å². The van der Waals surface area contributed by atoms with E-state index in [1.807, 2.05) is 37.3 Å². The monoisotopic (exact) mass is 432 g/mol. The van der Waals surface area contributed by atoms with Gasteiger partial charge in [-0.1, -0.05) is 50.3 Å². The fraction of sp³-hybridized carbons (Fsp3) is 0.500. The van der Waals surface area contributed by atoms with Gasteiger partial charge in [-0.05, 0) is 30.9 Å². The SMILES string of the molecule is C=CC(=O)N[C@H](C[C@@H]1CCNC1=O)NC(O)[C@H](CCC)NC(=O)OCc1ccccc1. The van der Waals surface area contributed by atoms with Crippen molar-refractivity contribution in [3.05, 3.63) is 48.6 Å². The molecule has 9 heteroatoms. The molecule has 0 aliphatic carbocycles. The molecule has 2 rings (SSSR count). The minimum absolute atomic E-state index is 0.0816. The Hall–Kier alpha value is -2.91. The van der Waals surface area contributed by atoms with Crippen LogP contribution in [-0.2, 0) is 20.9 Å².